The van der Waals surface area contributed by atoms with Crippen LogP contribution in [0.2, 0.25) is 0 Å². The average Bonchev–Trinajstić information content (AvgIpc) is 2.95. The van der Waals surface area contributed by atoms with Crippen LogP contribution in [0.5, 0.6) is 5.75 Å². The topological polar surface area (TPSA) is 29.4 Å². The van der Waals surface area contributed by atoms with Crippen molar-refractivity contribution >= 4 is 5.69 Å². The van der Waals surface area contributed by atoms with Crippen molar-refractivity contribution in [2.45, 2.75) is 25.4 Å². The highest BCUT2D eigenvalue weighted by Gasteiger charge is 2.20. The average molecular weight is 299 g/mol. The first-order valence-electron chi connectivity index (χ1n) is 7.98. The predicted molar refractivity (Wildman–Crippen MR) is 90.3 cm³/mol. The molecule has 1 aromatic carbocycles. The molecule has 2 aromatic rings. The van der Waals surface area contributed by atoms with Crippen LogP contribution in [0.3, 0.4) is 0 Å². The lowest BCUT2D eigenvalue weighted by Crippen LogP contribution is -2.39. The number of para-hydroxylation sites is 2. The molecular weight excluding hydrogens is 274 g/mol. The molecule has 1 fully saturated rings. The van der Waals surface area contributed by atoms with Crippen molar-refractivity contribution < 1.29 is 4.74 Å². The third-order valence-corrected chi connectivity index (χ3v) is 4.49. The van der Waals surface area contributed by atoms with Crippen molar-refractivity contribution in [1.82, 2.24) is 9.47 Å². The van der Waals surface area contributed by atoms with Gasteiger partial charge in [0.1, 0.15) is 5.75 Å². The molecule has 4 heteroatoms. The highest BCUT2D eigenvalue weighted by atomic mass is 16.5. The van der Waals surface area contributed by atoms with Crippen LogP contribution in [0.1, 0.15) is 18.5 Å². The zero-order valence-electron chi connectivity index (χ0n) is 13.5. The van der Waals surface area contributed by atoms with Gasteiger partial charge >= 0.3 is 0 Å². The fraction of sp³-hybridized carbons (Fsp3) is 0.444. The summed E-state index contributed by atoms with van der Waals surface area (Å²) in [6.45, 7) is 3.32. The second-order valence-corrected chi connectivity index (χ2v) is 6.01. The number of nitrogens with one attached hydrogen (secondary N) is 1. The number of methoxy groups -OCH3 is 1. The molecule has 118 valence electrons. The Kier molecular flexibility index (Phi) is 4.68. The Morgan fingerprint density at radius 1 is 1.14 bits per heavy atom. The van der Waals surface area contributed by atoms with Crippen LogP contribution in [-0.2, 0) is 13.6 Å². The van der Waals surface area contributed by atoms with Crippen molar-refractivity contribution in [3.05, 3.63) is 48.3 Å². The van der Waals surface area contributed by atoms with Crippen LogP contribution < -0.4 is 10.1 Å². The molecule has 0 bridgehead atoms. The van der Waals surface area contributed by atoms with Crippen molar-refractivity contribution in [3.63, 3.8) is 0 Å². The number of hydrogen-bond donors (Lipinski definition) is 1. The molecule has 0 aliphatic carbocycles. The minimum absolute atomic E-state index is 0.529. The molecule has 1 saturated heterocycles. The van der Waals surface area contributed by atoms with Crippen molar-refractivity contribution in [3.8, 4) is 5.75 Å². The summed E-state index contributed by atoms with van der Waals surface area (Å²) in [6.07, 6.45) is 4.45. The Morgan fingerprint density at radius 3 is 2.59 bits per heavy atom. The van der Waals surface area contributed by atoms with Crippen LogP contribution in [0.4, 0.5) is 5.69 Å². The highest BCUT2D eigenvalue weighted by molar-refractivity contribution is 5.56. The monoisotopic (exact) mass is 299 g/mol. The molecule has 1 N–H and O–H groups in total. The van der Waals surface area contributed by atoms with Crippen LogP contribution in [0, 0.1) is 0 Å². The number of aryl methyl sites for hydroxylation is 1. The second-order valence-electron chi connectivity index (χ2n) is 6.01. The quantitative estimate of drug-likeness (QED) is 0.920. The first-order chi connectivity index (χ1) is 10.8. The van der Waals surface area contributed by atoms with E-state index in [2.05, 4.69) is 52.3 Å². The standard InChI is InChI=1S/C18H25N3O/c1-20-11-5-6-16(20)14-21-12-9-15(10-13-21)19-17-7-3-4-8-18(17)22-2/h3-8,11,15,19H,9-10,12-14H2,1-2H3. The van der Waals surface area contributed by atoms with Crippen LogP contribution in [0.15, 0.2) is 42.6 Å². The summed E-state index contributed by atoms with van der Waals surface area (Å²) < 4.78 is 7.62. The van der Waals surface area contributed by atoms with Gasteiger partial charge in [0.05, 0.1) is 12.8 Å². The smallest absolute Gasteiger partial charge is 0.141 e. The summed E-state index contributed by atoms with van der Waals surface area (Å²) in [6, 6.07) is 13.0. The van der Waals surface area contributed by atoms with Gasteiger partial charge in [0, 0.05) is 44.6 Å². The molecule has 0 saturated carbocycles. The summed E-state index contributed by atoms with van der Waals surface area (Å²) in [7, 11) is 3.84. The molecule has 1 aliphatic rings. The summed E-state index contributed by atoms with van der Waals surface area (Å²) in [5, 5.41) is 3.63. The van der Waals surface area contributed by atoms with Crippen LogP contribution in [-0.4, -0.2) is 35.7 Å². The van der Waals surface area contributed by atoms with Gasteiger partial charge in [-0.3, -0.25) is 4.90 Å². The number of hydrogen-bond acceptors (Lipinski definition) is 3. The third-order valence-electron chi connectivity index (χ3n) is 4.49. The van der Waals surface area contributed by atoms with E-state index in [1.165, 1.54) is 18.5 Å². The minimum atomic E-state index is 0.529. The zero-order valence-corrected chi connectivity index (χ0v) is 13.5. The maximum atomic E-state index is 5.42. The first-order valence-corrected chi connectivity index (χ1v) is 7.98. The van der Waals surface area contributed by atoms with E-state index >= 15 is 0 Å². The summed E-state index contributed by atoms with van der Waals surface area (Å²) in [5.74, 6) is 0.925. The largest absolute Gasteiger partial charge is 0.495 e. The molecule has 1 aromatic heterocycles. The van der Waals surface area contributed by atoms with Crippen molar-refractivity contribution in [2.24, 2.45) is 7.05 Å². The number of benzene rings is 1. The maximum absolute atomic E-state index is 5.42. The predicted octanol–water partition coefficient (Wildman–Crippen LogP) is 3.11. The van der Waals surface area contributed by atoms with E-state index in [1.54, 1.807) is 7.11 Å². The van der Waals surface area contributed by atoms with E-state index in [-0.39, 0.29) is 0 Å². The Bertz CT molecular complexity index is 600. The summed E-state index contributed by atoms with van der Waals surface area (Å²) >= 11 is 0. The lowest BCUT2D eigenvalue weighted by Gasteiger charge is -2.33. The number of nitrogens with zero attached hydrogens (tertiary/aromatic N) is 2. The van der Waals surface area contributed by atoms with Gasteiger partial charge in [-0.15, -0.1) is 0 Å². The van der Waals surface area contributed by atoms with E-state index in [4.69, 9.17) is 4.74 Å². The van der Waals surface area contributed by atoms with Gasteiger partial charge in [-0.25, -0.2) is 0 Å². The second kappa shape index (κ2) is 6.88. The minimum Gasteiger partial charge on any atom is -0.495 e. The molecule has 0 radical (unpaired) electrons. The molecule has 3 rings (SSSR count). The molecule has 22 heavy (non-hydrogen) atoms. The fourth-order valence-corrected chi connectivity index (χ4v) is 3.11. The van der Waals surface area contributed by atoms with Gasteiger partial charge in [0.25, 0.3) is 0 Å². The SMILES string of the molecule is COc1ccccc1NC1CCN(Cc2cccn2C)CC1. The molecule has 2 heterocycles. The van der Waals surface area contributed by atoms with Gasteiger partial charge in [0.15, 0.2) is 0 Å². The van der Waals surface area contributed by atoms with E-state index in [0.29, 0.717) is 6.04 Å². The number of piperidine rings is 1. The number of ether oxygens (including phenoxy) is 1. The molecule has 1 aliphatic heterocycles. The summed E-state index contributed by atoms with van der Waals surface area (Å²) in [5.41, 5.74) is 2.49. The lowest BCUT2D eigenvalue weighted by molar-refractivity contribution is 0.207. The fourth-order valence-electron chi connectivity index (χ4n) is 3.11. The number of anilines is 1. The number of rotatable bonds is 5. The normalized spacial score (nSPS) is 16.6. The Hall–Kier alpha value is -1.94. The van der Waals surface area contributed by atoms with Gasteiger partial charge in [-0.05, 0) is 37.1 Å². The van der Waals surface area contributed by atoms with E-state index in [0.717, 1.165) is 31.1 Å². The third kappa shape index (κ3) is 3.45. The maximum Gasteiger partial charge on any atom is 0.141 e. The van der Waals surface area contributed by atoms with E-state index < -0.39 is 0 Å². The van der Waals surface area contributed by atoms with E-state index in [9.17, 15) is 0 Å². The van der Waals surface area contributed by atoms with Gasteiger partial charge in [-0.1, -0.05) is 12.1 Å². The van der Waals surface area contributed by atoms with Crippen LogP contribution >= 0.6 is 0 Å². The van der Waals surface area contributed by atoms with Crippen molar-refractivity contribution in [1.29, 1.82) is 0 Å². The Morgan fingerprint density at radius 2 is 1.91 bits per heavy atom. The van der Waals surface area contributed by atoms with Crippen LogP contribution in [0.25, 0.3) is 0 Å². The van der Waals surface area contributed by atoms with Gasteiger partial charge in [0.2, 0.25) is 0 Å². The van der Waals surface area contributed by atoms with Gasteiger partial charge in [-0.2, -0.15) is 0 Å². The molecular formula is C18H25N3O. The van der Waals surface area contributed by atoms with Crippen molar-refractivity contribution in [2.75, 3.05) is 25.5 Å². The first kappa shape index (κ1) is 15.0. The molecule has 0 amide bonds. The summed E-state index contributed by atoms with van der Waals surface area (Å²) in [4.78, 5) is 2.54. The van der Waals surface area contributed by atoms with Gasteiger partial charge < -0.3 is 14.6 Å². The molecule has 0 spiro atoms. The van der Waals surface area contributed by atoms with E-state index in [1.807, 2.05) is 12.1 Å². The lowest BCUT2D eigenvalue weighted by atomic mass is 10.0. The molecule has 0 atom stereocenters. The molecule has 4 nitrogen and oxygen atoms in total. The zero-order chi connectivity index (χ0) is 15.4. The number of likely N-dealkylation sites (tertiary alicyclic amines) is 1. The highest BCUT2D eigenvalue weighted by Crippen LogP contribution is 2.26. The number of aromatic nitrogens is 1. The Labute approximate surface area is 132 Å². The molecule has 0 unspecified atom stereocenters. The Balaban J connectivity index is 1.52.